The Hall–Kier alpha value is -2.93. The van der Waals surface area contributed by atoms with Crippen LogP contribution in [0.15, 0.2) is 57.7 Å². The number of likely N-dealkylation sites (tertiary alicyclic amines) is 2. The maximum absolute atomic E-state index is 14.0. The highest BCUT2D eigenvalue weighted by molar-refractivity contribution is 5.92. The molecule has 0 radical (unpaired) electrons. The summed E-state index contributed by atoms with van der Waals surface area (Å²) < 4.78 is 24.7. The number of rotatable bonds is 4. The molecule has 0 N–H and O–H groups in total. The summed E-state index contributed by atoms with van der Waals surface area (Å²) in [4.78, 5) is 17.3. The Morgan fingerprint density at radius 3 is 2.83 bits per heavy atom. The van der Waals surface area contributed by atoms with Crippen LogP contribution < -0.4 is 0 Å². The second-order valence-electron chi connectivity index (χ2n) is 7.99. The van der Waals surface area contributed by atoms with Crippen molar-refractivity contribution < 1.29 is 18.1 Å². The monoisotopic (exact) mass is 395 g/mol. The van der Waals surface area contributed by atoms with Crippen molar-refractivity contribution in [2.45, 2.75) is 19.5 Å². The van der Waals surface area contributed by atoms with Crippen LogP contribution in [-0.4, -0.2) is 40.5 Å². The number of carbonyl (C=O) groups excluding carboxylic acids is 1. The molecule has 2 saturated heterocycles. The van der Waals surface area contributed by atoms with E-state index in [9.17, 15) is 9.18 Å². The zero-order valence-corrected chi connectivity index (χ0v) is 16.1. The van der Waals surface area contributed by atoms with Crippen LogP contribution in [0.3, 0.4) is 0 Å². The predicted molar refractivity (Wildman–Crippen MR) is 102 cm³/mol. The molecular weight excluding hydrogens is 373 g/mol. The molecule has 2 aliphatic rings. The Kier molecular flexibility index (Phi) is 4.47. The summed E-state index contributed by atoms with van der Waals surface area (Å²) in [7, 11) is 0. The van der Waals surface area contributed by atoms with Crippen LogP contribution in [0.25, 0.3) is 0 Å². The van der Waals surface area contributed by atoms with E-state index in [0.29, 0.717) is 24.8 Å². The topological polar surface area (TPSA) is 62.7 Å². The second-order valence-corrected chi connectivity index (χ2v) is 7.99. The number of hydrogen-bond donors (Lipinski definition) is 0. The number of fused-ring (bicyclic) bond motifs is 1. The van der Waals surface area contributed by atoms with Gasteiger partial charge in [0.15, 0.2) is 11.5 Å². The van der Waals surface area contributed by atoms with Gasteiger partial charge in [-0.15, -0.1) is 0 Å². The Morgan fingerprint density at radius 1 is 1.21 bits per heavy atom. The van der Waals surface area contributed by atoms with Gasteiger partial charge < -0.3 is 13.8 Å². The Labute approximate surface area is 167 Å². The van der Waals surface area contributed by atoms with Gasteiger partial charge in [-0.1, -0.05) is 17.3 Å². The first-order valence-corrected chi connectivity index (χ1v) is 9.83. The molecule has 0 aliphatic carbocycles. The van der Waals surface area contributed by atoms with Gasteiger partial charge in [-0.05, 0) is 42.7 Å². The van der Waals surface area contributed by atoms with Gasteiger partial charge in [0.1, 0.15) is 5.82 Å². The smallest absolute Gasteiger partial charge is 0.290 e. The van der Waals surface area contributed by atoms with Crippen molar-refractivity contribution in [3.05, 3.63) is 77.3 Å². The Balaban J connectivity index is 1.42. The molecule has 4 heterocycles. The molecule has 0 spiro atoms. The summed E-state index contributed by atoms with van der Waals surface area (Å²) in [6.45, 7) is 4.89. The fourth-order valence-electron chi connectivity index (χ4n) is 4.85. The summed E-state index contributed by atoms with van der Waals surface area (Å²) in [5.41, 5.74) is 1.70. The Morgan fingerprint density at radius 2 is 2.10 bits per heavy atom. The second kappa shape index (κ2) is 7.15. The number of nitrogens with zero attached hydrogens (tertiary/aromatic N) is 3. The molecule has 3 aromatic rings. The molecule has 0 unspecified atom stereocenters. The lowest BCUT2D eigenvalue weighted by molar-refractivity contribution is 0.0665. The van der Waals surface area contributed by atoms with Crippen LogP contribution in [0.4, 0.5) is 4.39 Å². The number of amides is 1. The average Bonchev–Trinajstić information content (AvgIpc) is 3.46. The van der Waals surface area contributed by atoms with E-state index in [1.165, 1.54) is 18.4 Å². The predicted octanol–water partition coefficient (Wildman–Crippen LogP) is 3.66. The third-order valence-electron chi connectivity index (χ3n) is 5.98. The molecule has 0 bridgehead atoms. The quantitative estimate of drug-likeness (QED) is 0.675. The highest BCUT2D eigenvalue weighted by Crippen LogP contribution is 2.46. The molecule has 0 saturated carbocycles. The first kappa shape index (κ1) is 18.1. The van der Waals surface area contributed by atoms with Crippen molar-refractivity contribution >= 4 is 5.91 Å². The first-order chi connectivity index (χ1) is 14.1. The van der Waals surface area contributed by atoms with Crippen LogP contribution in [0.2, 0.25) is 0 Å². The maximum atomic E-state index is 14.0. The number of aryl methyl sites for hydroxylation is 1. The number of aromatic nitrogens is 1. The van der Waals surface area contributed by atoms with Gasteiger partial charge in [-0.3, -0.25) is 9.69 Å². The minimum Gasteiger partial charge on any atom is -0.459 e. The highest BCUT2D eigenvalue weighted by atomic mass is 19.1. The summed E-state index contributed by atoms with van der Waals surface area (Å²) in [5.74, 6) is 1.26. The standard InChI is InChI=1S/C22H22FN3O3/c1-14-8-18(29-24-14)12-25-10-16-11-26(22(27)20-6-3-7-28-20)21(19(16)13-25)15-4-2-5-17(23)9-15/h2-9,16,19,21H,10-13H2,1H3/t16-,19-,21-/m0/s1. The molecule has 2 aromatic heterocycles. The maximum Gasteiger partial charge on any atom is 0.290 e. The van der Waals surface area contributed by atoms with Gasteiger partial charge in [0.2, 0.25) is 0 Å². The third kappa shape index (κ3) is 3.35. The molecule has 29 heavy (non-hydrogen) atoms. The van der Waals surface area contributed by atoms with Gasteiger partial charge in [0.25, 0.3) is 5.91 Å². The van der Waals surface area contributed by atoms with Crippen LogP contribution in [0, 0.1) is 24.6 Å². The fraction of sp³-hybridized carbons (Fsp3) is 0.364. The van der Waals surface area contributed by atoms with E-state index in [0.717, 1.165) is 30.1 Å². The normalized spacial score (nSPS) is 24.2. The molecule has 150 valence electrons. The van der Waals surface area contributed by atoms with Gasteiger partial charge in [-0.2, -0.15) is 0 Å². The lowest BCUT2D eigenvalue weighted by atomic mass is 9.89. The van der Waals surface area contributed by atoms with Gasteiger partial charge >= 0.3 is 0 Å². The van der Waals surface area contributed by atoms with E-state index in [4.69, 9.17) is 8.94 Å². The molecule has 2 fully saturated rings. The van der Waals surface area contributed by atoms with Crippen LogP contribution in [-0.2, 0) is 6.54 Å². The molecular formula is C22H22FN3O3. The molecule has 6 nitrogen and oxygen atoms in total. The van der Waals surface area contributed by atoms with Crippen molar-refractivity contribution in [3.8, 4) is 0 Å². The number of hydrogen-bond acceptors (Lipinski definition) is 5. The zero-order valence-electron chi connectivity index (χ0n) is 16.1. The molecule has 7 heteroatoms. The van der Waals surface area contributed by atoms with Crippen LogP contribution in [0.1, 0.15) is 33.6 Å². The summed E-state index contributed by atoms with van der Waals surface area (Å²) >= 11 is 0. The zero-order chi connectivity index (χ0) is 20.0. The third-order valence-corrected chi connectivity index (χ3v) is 5.98. The number of carbonyl (C=O) groups is 1. The van der Waals surface area contributed by atoms with Crippen molar-refractivity contribution in [1.29, 1.82) is 0 Å². The summed E-state index contributed by atoms with van der Waals surface area (Å²) in [5, 5.41) is 3.96. The van der Waals surface area contributed by atoms with E-state index < -0.39 is 0 Å². The summed E-state index contributed by atoms with van der Waals surface area (Å²) in [6, 6.07) is 11.7. The largest absolute Gasteiger partial charge is 0.459 e. The van der Waals surface area contributed by atoms with Gasteiger partial charge in [0, 0.05) is 31.6 Å². The molecule has 1 aromatic carbocycles. The van der Waals surface area contributed by atoms with Crippen molar-refractivity contribution in [2.75, 3.05) is 19.6 Å². The number of benzene rings is 1. The SMILES string of the molecule is Cc1cc(CN2C[C@H]3CN(C(=O)c4ccco4)[C@@H](c4cccc(F)c4)[C@H]3C2)on1. The van der Waals surface area contributed by atoms with Crippen molar-refractivity contribution in [2.24, 2.45) is 11.8 Å². The lowest BCUT2D eigenvalue weighted by Gasteiger charge is -2.29. The minimum absolute atomic E-state index is 0.143. The molecule has 5 rings (SSSR count). The number of furan rings is 1. The number of halogens is 1. The van der Waals surface area contributed by atoms with Crippen molar-refractivity contribution in [1.82, 2.24) is 15.0 Å². The Bertz CT molecular complexity index is 1020. The first-order valence-electron chi connectivity index (χ1n) is 9.83. The molecule has 1 amide bonds. The fourth-order valence-corrected chi connectivity index (χ4v) is 4.85. The highest BCUT2D eigenvalue weighted by Gasteiger charge is 2.49. The minimum atomic E-state index is -0.289. The van der Waals surface area contributed by atoms with E-state index in [1.807, 2.05) is 24.0 Å². The van der Waals surface area contributed by atoms with Gasteiger partial charge in [-0.25, -0.2) is 4.39 Å². The van der Waals surface area contributed by atoms with Crippen molar-refractivity contribution in [3.63, 3.8) is 0 Å². The van der Waals surface area contributed by atoms with E-state index in [1.54, 1.807) is 18.2 Å². The van der Waals surface area contributed by atoms with E-state index >= 15 is 0 Å². The van der Waals surface area contributed by atoms with Crippen LogP contribution in [0.5, 0.6) is 0 Å². The van der Waals surface area contributed by atoms with E-state index in [2.05, 4.69) is 10.1 Å². The summed E-state index contributed by atoms with van der Waals surface area (Å²) in [6.07, 6.45) is 1.50. The van der Waals surface area contributed by atoms with Gasteiger partial charge in [0.05, 0.1) is 24.5 Å². The molecule has 3 atom stereocenters. The molecule has 2 aliphatic heterocycles. The average molecular weight is 395 g/mol. The lowest BCUT2D eigenvalue weighted by Crippen LogP contribution is -2.35. The van der Waals surface area contributed by atoms with Crippen LogP contribution >= 0.6 is 0 Å². The van der Waals surface area contributed by atoms with E-state index in [-0.39, 0.29) is 23.7 Å².